The molecular formula is C22H21FN4O2. The van der Waals surface area contributed by atoms with Crippen molar-refractivity contribution in [3.05, 3.63) is 65.2 Å². The highest BCUT2D eigenvalue weighted by Gasteiger charge is 2.44. The van der Waals surface area contributed by atoms with Crippen LogP contribution in [0.15, 0.2) is 42.6 Å². The number of hydrogen-bond acceptors (Lipinski definition) is 3. The van der Waals surface area contributed by atoms with Crippen LogP contribution in [-0.4, -0.2) is 56.8 Å². The normalized spacial score (nSPS) is 21.0. The molecule has 0 radical (unpaired) electrons. The second-order valence-corrected chi connectivity index (χ2v) is 7.91. The molecular weight excluding hydrogens is 371 g/mol. The van der Waals surface area contributed by atoms with E-state index in [2.05, 4.69) is 9.97 Å². The summed E-state index contributed by atoms with van der Waals surface area (Å²) in [6.45, 7) is 2.76. The Labute approximate surface area is 167 Å². The van der Waals surface area contributed by atoms with Gasteiger partial charge in [0.25, 0.3) is 11.8 Å². The Hall–Kier alpha value is -3.22. The molecule has 2 fully saturated rings. The fraction of sp³-hybridized carbons (Fsp3) is 0.318. The van der Waals surface area contributed by atoms with E-state index in [0.29, 0.717) is 18.8 Å². The molecule has 4 heterocycles. The van der Waals surface area contributed by atoms with Gasteiger partial charge in [-0.15, -0.1) is 0 Å². The highest BCUT2D eigenvalue weighted by atomic mass is 19.1. The number of halogens is 1. The van der Waals surface area contributed by atoms with E-state index in [4.69, 9.17) is 0 Å². The lowest BCUT2D eigenvalue weighted by atomic mass is 10.1. The number of aryl methyl sites for hydroxylation is 1. The van der Waals surface area contributed by atoms with Crippen molar-refractivity contribution < 1.29 is 14.0 Å². The summed E-state index contributed by atoms with van der Waals surface area (Å²) in [6, 6.07) is 9.89. The minimum Gasteiger partial charge on any atom is -0.349 e. The van der Waals surface area contributed by atoms with Crippen LogP contribution in [0.5, 0.6) is 0 Å². The Kier molecular flexibility index (Phi) is 4.12. The van der Waals surface area contributed by atoms with Crippen LogP contribution in [0.2, 0.25) is 0 Å². The monoisotopic (exact) mass is 392 g/mol. The number of aromatic amines is 1. The molecule has 29 heavy (non-hydrogen) atoms. The zero-order chi connectivity index (χ0) is 20.1. The van der Waals surface area contributed by atoms with Crippen LogP contribution in [0, 0.1) is 12.7 Å². The number of pyridine rings is 1. The quantitative estimate of drug-likeness (QED) is 0.729. The van der Waals surface area contributed by atoms with Crippen LogP contribution in [-0.2, 0) is 0 Å². The number of nitrogens with one attached hydrogen (secondary N) is 1. The third kappa shape index (κ3) is 2.97. The van der Waals surface area contributed by atoms with E-state index >= 15 is 0 Å². The van der Waals surface area contributed by atoms with Crippen molar-refractivity contribution in [1.29, 1.82) is 0 Å². The van der Waals surface area contributed by atoms with Crippen molar-refractivity contribution >= 4 is 22.8 Å². The van der Waals surface area contributed by atoms with Crippen LogP contribution in [0.4, 0.5) is 4.39 Å². The number of carbonyl (C=O) groups is 2. The first kappa shape index (κ1) is 17.8. The molecule has 0 saturated carbocycles. The minimum absolute atomic E-state index is 0.0891. The molecule has 6 nitrogen and oxygen atoms in total. The van der Waals surface area contributed by atoms with Crippen molar-refractivity contribution in [1.82, 2.24) is 19.8 Å². The van der Waals surface area contributed by atoms with Crippen LogP contribution in [0.1, 0.15) is 39.3 Å². The average molecular weight is 392 g/mol. The number of piperazine rings is 1. The van der Waals surface area contributed by atoms with Crippen molar-refractivity contribution in [3.63, 3.8) is 0 Å². The first-order valence-electron chi connectivity index (χ1n) is 9.83. The lowest BCUT2D eigenvalue weighted by Crippen LogP contribution is -2.57. The number of rotatable bonds is 2. The third-order valence-corrected chi connectivity index (χ3v) is 5.98. The number of amides is 2. The van der Waals surface area contributed by atoms with Gasteiger partial charge in [0.05, 0.1) is 28.7 Å². The number of carbonyl (C=O) groups excluding carboxylic acids is 2. The topological polar surface area (TPSA) is 69.3 Å². The second kappa shape index (κ2) is 6.69. The highest BCUT2D eigenvalue weighted by Crippen LogP contribution is 2.33. The number of likely N-dealkylation sites (tertiary alicyclic amines) is 1. The van der Waals surface area contributed by atoms with Crippen LogP contribution >= 0.6 is 0 Å². The van der Waals surface area contributed by atoms with Crippen molar-refractivity contribution in [2.24, 2.45) is 0 Å². The molecule has 2 aliphatic heterocycles. The molecule has 3 aromatic rings. The SMILES string of the molecule is Cc1ccc(F)c(C(=O)N2[C@@H]3CC[C@H]2CN(C(=O)c2cc4ncccc4[nH]2)C3)c1. The summed E-state index contributed by atoms with van der Waals surface area (Å²) in [5.74, 6) is -0.863. The predicted octanol–water partition coefficient (Wildman–Crippen LogP) is 3.14. The number of aromatic nitrogens is 2. The molecule has 2 atom stereocenters. The summed E-state index contributed by atoms with van der Waals surface area (Å²) in [6.07, 6.45) is 3.34. The van der Waals surface area contributed by atoms with Gasteiger partial charge in [-0.3, -0.25) is 14.6 Å². The zero-order valence-electron chi connectivity index (χ0n) is 16.1. The van der Waals surface area contributed by atoms with Crippen molar-refractivity contribution in [2.45, 2.75) is 31.8 Å². The Morgan fingerprint density at radius 2 is 1.86 bits per heavy atom. The number of nitrogens with zero attached hydrogens (tertiary/aromatic N) is 3. The van der Waals surface area contributed by atoms with Gasteiger partial charge in [-0.1, -0.05) is 11.6 Å². The van der Waals surface area contributed by atoms with Crippen LogP contribution < -0.4 is 0 Å². The lowest BCUT2D eigenvalue weighted by Gasteiger charge is -2.41. The van der Waals surface area contributed by atoms with Gasteiger partial charge in [0.15, 0.2) is 0 Å². The Bertz CT molecular complexity index is 1080. The highest BCUT2D eigenvalue weighted by molar-refractivity contribution is 5.98. The maximum absolute atomic E-state index is 14.3. The molecule has 148 valence electrons. The summed E-state index contributed by atoms with van der Waals surface area (Å²) < 4.78 is 14.3. The van der Waals surface area contributed by atoms with Gasteiger partial charge < -0.3 is 14.8 Å². The van der Waals surface area contributed by atoms with Crippen LogP contribution in [0.3, 0.4) is 0 Å². The number of benzene rings is 1. The van der Waals surface area contributed by atoms with Gasteiger partial charge in [-0.05, 0) is 50.1 Å². The molecule has 2 bridgehead atoms. The first-order chi connectivity index (χ1) is 14.0. The fourth-order valence-corrected chi connectivity index (χ4v) is 4.58. The van der Waals surface area contributed by atoms with Crippen molar-refractivity contribution in [2.75, 3.05) is 13.1 Å². The van der Waals surface area contributed by atoms with Gasteiger partial charge in [-0.25, -0.2) is 4.39 Å². The number of hydrogen-bond donors (Lipinski definition) is 1. The molecule has 0 unspecified atom stereocenters. The van der Waals surface area contributed by atoms with Gasteiger partial charge in [-0.2, -0.15) is 0 Å². The van der Waals surface area contributed by atoms with E-state index in [9.17, 15) is 14.0 Å². The Balaban J connectivity index is 1.37. The molecule has 1 N–H and O–H groups in total. The summed E-state index contributed by atoms with van der Waals surface area (Å²) in [4.78, 5) is 37.1. The van der Waals surface area contributed by atoms with Gasteiger partial charge >= 0.3 is 0 Å². The van der Waals surface area contributed by atoms with E-state index in [1.165, 1.54) is 6.07 Å². The zero-order valence-corrected chi connectivity index (χ0v) is 16.1. The summed E-state index contributed by atoms with van der Waals surface area (Å²) in [5, 5.41) is 0. The number of fused-ring (bicyclic) bond motifs is 3. The molecule has 1 aromatic carbocycles. The molecule has 0 spiro atoms. The Morgan fingerprint density at radius 1 is 1.10 bits per heavy atom. The maximum atomic E-state index is 14.3. The van der Waals surface area contributed by atoms with Crippen LogP contribution in [0.25, 0.3) is 11.0 Å². The molecule has 2 aliphatic rings. The number of H-pyrrole nitrogens is 1. The fourth-order valence-electron chi connectivity index (χ4n) is 4.58. The molecule has 5 rings (SSSR count). The van der Waals surface area contributed by atoms with E-state index in [1.54, 1.807) is 34.2 Å². The maximum Gasteiger partial charge on any atom is 0.270 e. The molecule has 2 amide bonds. The summed E-state index contributed by atoms with van der Waals surface area (Å²) >= 11 is 0. The summed E-state index contributed by atoms with van der Waals surface area (Å²) in [5.41, 5.74) is 3.04. The van der Waals surface area contributed by atoms with E-state index < -0.39 is 5.82 Å². The standard InChI is InChI=1S/C22H21FN4O2/c1-13-4-7-17(23)16(9-13)21(28)27-14-5-6-15(27)12-26(11-14)22(29)20-10-19-18(25-20)3-2-8-24-19/h2-4,7-10,14-15,25H,5-6,11-12H2,1H3/t14-,15+. The second-order valence-electron chi connectivity index (χ2n) is 7.91. The van der Waals surface area contributed by atoms with E-state index in [-0.39, 0.29) is 29.5 Å². The minimum atomic E-state index is -0.496. The largest absolute Gasteiger partial charge is 0.349 e. The van der Waals surface area contributed by atoms with Gasteiger partial charge in [0.2, 0.25) is 0 Å². The van der Waals surface area contributed by atoms with Gasteiger partial charge in [0.1, 0.15) is 11.5 Å². The molecule has 0 aliphatic carbocycles. The van der Waals surface area contributed by atoms with Gasteiger partial charge in [0, 0.05) is 19.3 Å². The van der Waals surface area contributed by atoms with Crippen molar-refractivity contribution in [3.8, 4) is 0 Å². The van der Waals surface area contributed by atoms with E-state index in [1.807, 2.05) is 19.1 Å². The van der Waals surface area contributed by atoms with E-state index in [0.717, 1.165) is 29.4 Å². The summed E-state index contributed by atoms with van der Waals surface area (Å²) in [7, 11) is 0. The lowest BCUT2D eigenvalue weighted by molar-refractivity contribution is 0.0355. The molecule has 2 aromatic heterocycles. The average Bonchev–Trinajstić information content (AvgIpc) is 3.27. The molecule has 7 heteroatoms. The first-order valence-corrected chi connectivity index (χ1v) is 9.83. The molecule has 2 saturated heterocycles. The Morgan fingerprint density at radius 3 is 2.59 bits per heavy atom. The smallest absolute Gasteiger partial charge is 0.270 e. The third-order valence-electron chi connectivity index (χ3n) is 5.98. The predicted molar refractivity (Wildman–Crippen MR) is 106 cm³/mol.